The van der Waals surface area contributed by atoms with Gasteiger partial charge in [-0.05, 0) is 22.9 Å². The number of hydrogen-bond acceptors (Lipinski definition) is 3. The molecule has 1 heterocycles. The van der Waals surface area contributed by atoms with Crippen LogP contribution in [0, 0.1) is 0 Å². The maximum absolute atomic E-state index is 12.2. The predicted molar refractivity (Wildman–Crippen MR) is 73.3 cm³/mol. The molecule has 0 saturated carbocycles. The first-order valence-corrected chi connectivity index (χ1v) is 7.14. The number of nitrogens with zero attached hydrogens (tertiary/aromatic N) is 1. The molecule has 0 atom stereocenters. The van der Waals surface area contributed by atoms with Gasteiger partial charge in [-0.25, -0.2) is 18.1 Å². The second kappa shape index (κ2) is 4.40. The number of hydrogen-bond donors (Lipinski definition) is 2. The van der Waals surface area contributed by atoms with E-state index in [1.807, 2.05) is 24.3 Å². The molecule has 3 aromatic rings. The van der Waals surface area contributed by atoms with E-state index in [0.717, 1.165) is 10.8 Å². The van der Waals surface area contributed by atoms with Crippen molar-refractivity contribution in [3.8, 4) is 0 Å². The molecule has 1 aromatic heterocycles. The van der Waals surface area contributed by atoms with Crippen LogP contribution in [0.1, 0.15) is 0 Å². The van der Waals surface area contributed by atoms with Crippen molar-refractivity contribution in [3.63, 3.8) is 0 Å². The fraction of sp³-hybridized carbons (Fsp3) is 0. The number of benzene rings is 2. The second-order valence-corrected chi connectivity index (χ2v) is 5.73. The Kier molecular flexibility index (Phi) is 2.72. The van der Waals surface area contributed by atoms with Crippen LogP contribution < -0.4 is 4.72 Å². The van der Waals surface area contributed by atoms with E-state index in [2.05, 4.69) is 14.7 Å². The number of nitrogens with one attached hydrogen (secondary N) is 2. The second-order valence-electron chi connectivity index (χ2n) is 4.05. The van der Waals surface area contributed by atoms with Gasteiger partial charge in [-0.3, -0.25) is 0 Å². The minimum atomic E-state index is -3.62. The van der Waals surface area contributed by atoms with E-state index in [1.54, 1.807) is 24.4 Å². The Labute approximate surface area is 110 Å². The summed E-state index contributed by atoms with van der Waals surface area (Å²) in [7, 11) is -3.62. The van der Waals surface area contributed by atoms with Crippen LogP contribution >= 0.6 is 0 Å². The highest BCUT2D eigenvalue weighted by Crippen LogP contribution is 2.20. The first kappa shape index (κ1) is 11.7. The minimum Gasteiger partial charge on any atom is -0.330 e. The molecule has 2 N–H and O–H groups in total. The molecule has 6 heteroatoms. The summed E-state index contributed by atoms with van der Waals surface area (Å²) in [5.41, 5.74) is 0. The van der Waals surface area contributed by atoms with Gasteiger partial charge in [0.25, 0.3) is 10.0 Å². The van der Waals surface area contributed by atoms with Crippen LogP contribution in [-0.2, 0) is 10.0 Å². The predicted octanol–water partition coefficient (Wildman–Crippen LogP) is 2.36. The smallest absolute Gasteiger partial charge is 0.264 e. The maximum atomic E-state index is 12.2. The Morgan fingerprint density at radius 3 is 2.58 bits per heavy atom. The number of fused-ring (bicyclic) bond motifs is 1. The van der Waals surface area contributed by atoms with Crippen LogP contribution in [0.3, 0.4) is 0 Å². The van der Waals surface area contributed by atoms with Crippen molar-refractivity contribution in [2.75, 3.05) is 4.72 Å². The molecule has 0 amide bonds. The summed E-state index contributed by atoms with van der Waals surface area (Å²) in [5.74, 6) is 0.202. The molecule has 19 heavy (non-hydrogen) atoms. The summed E-state index contributed by atoms with van der Waals surface area (Å²) in [6.45, 7) is 0. The van der Waals surface area contributed by atoms with Gasteiger partial charge in [0.2, 0.25) is 5.95 Å². The fourth-order valence-electron chi connectivity index (χ4n) is 1.84. The average molecular weight is 273 g/mol. The van der Waals surface area contributed by atoms with E-state index in [0.29, 0.717) is 0 Å². The third-order valence-corrected chi connectivity index (χ3v) is 4.10. The highest BCUT2D eigenvalue weighted by atomic mass is 32.2. The van der Waals surface area contributed by atoms with E-state index in [1.165, 1.54) is 6.20 Å². The highest BCUT2D eigenvalue weighted by Gasteiger charge is 2.15. The Bertz CT molecular complexity index is 811. The molecule has 0 bridgehead atoms. The minimum absolute atomic E-state index is 0.202. The summed E-state index contributed by atoms with van der Waals surface area (Å²) in [6.07, 6.45) is 3.04. The molecule has 0 spiro atoms. The van der Waals surface area contributed by atoms with Crippen molar-refractivity contribution in [2.45, 2.75) is 4.90 Å². The quantitative estimate of drug-likeness (QED) is 0.769. The molecule has 0 saturated heterocycles. The van der Waals surface area contributed by atoms with Crippen molar-refractivity contribution in [1.29, 1.82) is 0 Å². The van der Waals surface area contributed by atoms with Crippen LogP contribution in [0.5, 0.6) is 0 Å². The van der Waals surface area contributed by atoms with Crippen molar-refractivity contribution in [3.05, 3.63) is 54.9 Å². The largest absolute Gasteiger partial charge is 0.330 e. The molecule has 5 nitrogen and oxygen atoms in total. The zero-order valence-corrected chi connectivity index (χ0v) is 10.7. The van der Waals surface area contributed by atoms with Gasteiger partial charge in [-0.1, -0.05) is 30.3 Å². The number of imidazole rings is 1. The number of aromatic amines is 1. The topological polar surface area (TPSA) is 74.8 Å². The van der Waals surface area contributed by atoms with Gasteiger partial charge >= 0.3 is 0 Å². The van der Waals surface area contributed by atoms with Crippen LogP contribution in [0.25, 0.3) is 10.8 Å². The van der Waals surface area contributed by atoms with Crippen molar-refractivity contribution >= 4 is 26.7 Å². The normalized spacial score (nSPS) is 11.6. The van der Waals surface area contributed by atoms with E-state index in [-0.39, 0.29) is 10.8 Å². The van der Waals surface area contributed by atoms with Gasteiger partial charge in [0, 0.05) is 12.4 Å². The summed E-state index contributed by atoms with van der Waals surface area (Å²) in [4.78, 5) is 6.75. The van der Waals surface area contributed by atoms with E-state index in [9.17, 15) is 8.42 Å². The van der Waals surface area contributed by atoms with Crippen LogP contribution in [0.15, 0.2) is 59.8 Å². The number of rotatable bonds is 3. The van der Waals surface area contributed by atoms with E-state index >= 15 is 0 Å². The molecule has 0 aliphatic rings. The molecule has 2 aromatic carbocycles. The zero-order chi connectivity index (χ0) is 13.3. The molecular formula is C13H11N3O2S. The molecule has 0 fully saturated rings. The van der Waals surface area contributed by atoms with Gasteiger partial charge in [-0.15, -0.1) is 0 Å². The Morgan fingerprint density at radius 2 is 1.84 bits per heavy atom. The van der Waals surface area contributed by atoms with Crippen LogP contribution in [0.2, 0.25) is 0 Å². The number of aromatic nitrogens is 2. The lowest BCUT2D eigenvalue weighted by molar-refractivity contribution is 0.601. The number of H-pyrrole nitrogens is 1. The zero-order valence-electron chi connectivity index (χ0n) is 9.87. The van der Waals surface area contributed by atoms with Crippen molar-refractivity contribution in [2.24, 2.45) is 0 Å². The standard InChI is InChI=1S/C13H11N3O2S/c17-19(18,16-13-14-7-8-15-13)12-6-5-10-3-1-2-4-11(10)9-12/h1-9H,(H2,14,15,16). The summed E-state index contributed by atoms with van der Waals surface area (Å²) in [5, 5.41) is 1.88. The first-order valence-electron chi connectivity index (χ1n) is 5.66. The van der Waals surface area contributed by atoms with Gasteiger partial charge in [0.1, 0.15) is 0 Å². The third-order valence-electron chi connectivity index (χ3n) is 2.76. The third kappa shape index (κ3) is 2.30. The monoisotopic (exact) mass is 273 g/mol. The Hall–Kier alpha value is -2.34. The fourth-order valence-corrected chi connectivity index (χ4v) is 2.86. The molecule has 96 valence electrons. The molecule has 3 rings (SSSR count). The van der Waals surface area contributed by atoms with Gasteiger partial charge in [0.15, 0.2) is 0 Å². The summed E-state index contributed by atoms with van der Waals surface area (Å²) < 4.78 is 26.7. The average Bonchev–Trinajstić information content (AvgIpc) is 2.90. The van der Waals surface area contributed by atoms with Crippen LogP contribution in [0.4, 0.5) is 5.95 Å². The summed E-state index contributed by atoms with van der Waals surface area (Å²) in [6, 6.07) is 12.6. The Balaban J connectivity index is 2.03. The molecule has 0 aliphatic heterocycles. The van der Waals surface area contributed by atoms with Gasteiger partial charge in [0.05, 0.1) is 4.90 Å². The van der Waals surface area contributed by atoms with Gasteiger partial charge < -0.3 is 4.98 Å². The molecule has 0 unspecified atom stereocenters. The van der Waals surface area contributed by atoms with E-state index < -0.39 is 10.0 Å². The lowest BCUT2D eigenvalue weighted by atomic mass is 10.1. The SMILES string of the molecule is O=S(=O)(Nc1ncc[nH]1)c1ccc2ccccc2c1. The Morgan fingerprint density at radius 1 is 1.05 bits per heavy atom. The van der Waals surface area contributed by atoms with Crippen molar-refractivity contribution in [1.82, 2.24) is 9.97 Å². The van der Waals surface area contributed by atoms with Crippen LogP contribution in [-0.4, -0.2) is 18.4 Å². The summed E-state index contributed by atoms with van der Waals surface area (Å²) >= 11 is 0. The highest BCUT2D eigenvalue weighted by molar-refractivity contribution is 7.92. The van der Waals surface area contributed by atoms with Gasteiger partial charge in [-0.2, -0.15) is 0 Å². The molecule has 0 radical (unpaired) electrons. The first-order chi connectivity index (χ1) is 9.15. The van der Waals surface area contributed by atoms with E-state index in [4.69, 9.17) is 0 Å². The lowest BCUT2D eigenvalue weighted by Gasteiger charge is -2.06. The van der Waals surface area contributed by atoms with Crippen molar-refractivity contribution < 1.29 is 8.42 Å². The molecule has 0 aliphatic carbocycles. The number of sulfonamides is 1. The number of anilines is 1. The lowest BCUT2D eigenvalue weighted by Crippen LogP contribution is -2.13. The molecular weight excluding hydrogens is 262 g/mol. The maximum Gasteiger partial charge on any atom is 0.264 e.